The minimum absolute atomic E-state index is 0.160. The van der Waals surface area contributed by atoms with Crippen LogP contribution in [0, 0.1) is 0 Å². The first-order chi connectivity index (χ1) is 9.31. The fraction of sp³-hybridized carbons (Fsp3) is 0.750. The maximum atomic E-state index is 11.9. The number of primary amides is 1. The van der Waals surface area contributed by atoms with Gasteiger partial charge in [-0.05, 0) is 26.7 Å². The van der Waals surface area contributed by atoms with E-state index in [1.165, 1.54) is 4.90 Å². The fourth-order valence-corrected chi connectivity index (χ4v) is 2.00. The first-order valence-corrected chi connectivity index (χ1v) is 6.52. The lowest BCUT2D eigenvalue weighted by atomic mass is 10.2. The molecule has 0 aliphatic carbocycles. The molecule has 0 saturated carbocycles. The standard InChI is InChI=1S/C12H21N3O5/c1-7(2)15(6-10(13)16)12(19)14-5-8-3-4-9(20-8)11(17)18/h7-9H,3-6H2,1-2H3,(H2,13,16)(H,14,19)(H,17,18). The van der Waals surface area contributed by atoms with Crippen molar-refractivity contribution in [3.63, 3.8) is 0 Å². The molecule has 8 heteroatoms. The van der Waals surface area contributed by atoms with Crippen LogP contribution in [-0.4, -0.2) is 59.3 Å². The van der Waals surface area contributed by atoms with Gasteiger partial charge in [0.2, 0.25) is 5.91 Å². The Morgan fingerprint density at radius 3 is 2.50 bits per heavy atom. The molecule has 0 aromatic heterocycles. The zero-order chi connectivity index (χ0) is 15.3. The Morgan fingerprint density at radius 1 is 1.40 bits per heavy atom. The number of carboxylic acids is 1. The zero-order valence-corrected chi connectivity index (χ0v) is 11.7. The fourth-order valence-electron chi connectivity index (χ4n) is 2.00. The number of carboxylic acid groups (broad SMARTS) is 1. The van der Waals surface area contributed by atoms with Crippen molar-refractivity contribution in [1.29, 1.82) is 0 Å². The van der Waals surface area contributed by atoms with E-state index in [1.54, 1.807) is 13.8 Å². The van der Waals surface area contributed by atoms with Gasteiger partial charge in [-0.1, -0.05) is 0 Å². The number of aliphatic carboxylic acids is 1. The third-order valence-electron chi connectivity index (χ3n) is 3.07. The number of carbonyl (C=O) groups excluding carboxylic acids is 2. The van der Waals surface area contributed by atoms with Gasteiger partial charge in [0, 0.05) is 12.6 Å². The topological polar surface area (TPSA) is 122 Å². The van der Waals surface area contributed by atoms with E-state index < -0.39 is 24.0 Å². The summed E-state index contributed by atoms with van der Waals surface area (Å²) in [6.07, 6.45) is -0.105. The summed E-state index contributed by atoms with van der Waals surface area (Å²) in [7, 11) is 0. The van der Waals surface area contributed by atoms with Crippen molar-refractivity contribution < 1.29 is 24.2 Å². The van der Waals surface area contributed by atoms with Gasteiger partial charge in [-0.25, -0.2) is 9.59 Å². The summed E-state index contributed by atoms with van der Waals surface area (Å²) in [6.45, 7) is 3.60. The van der Waals surface area contributed by atoms with Gasteiger partial charge in [0.05, 0.1) is 6.10 Å². The summed E-state index contributed by atoms with van der Waals surface area (Å²) in [5.41, 5.74) is 5.09. The number of nitrogens with zero attached hydrogens (tertiary/aromatic N) is 1. The first kappa shape index (κ1) is 16.2. The monoisotopic (exact) mass is 287 g/mol. The number of ether oxygens (including phenoxy) is 1. The van der Waals surface area contributed by atoms with Crippen LogP contribution < -0.4 is 11.1 Å². The molecule has 4 N–H and O–H groups in total. The quantitative estimate of drug-likeness (QED) is 0.609. The molecule has 1 aliphatic heterocycles. The molecule has 20 heavy (non-hydrogen) atoms. The predicted molar refractivity (Wildman–Crippen MR) is 70.0 cm³/mol. The minimum atomic E-state index is -0.989. The van der Waals surface area contributed by atoms with Gasteiger partial charge in [0.15, 0.2) is 6.10 Å². The summed E-state index contributed by atoms with van der Waals surface area (Å²) in [5, 5.41) is 11.4. The Hall–Kier alpha value is -1.83. The average molecular weight is 287 g/mol. The van der Waals surface area contributed by atoms with Crippen LogP contribution in [0.1, 0.15) is 26.7 Å². The van der Waals surface area contributed by atoms with Crippen LogP contribution >= 0.6 is 0 Å². The lowest BCUT2D eigenvalue weighted by Gasteiger charge is -2.26. The molecule has 0 spiro atoms. The normalized spacial score (nSPS) is 21.8. The Morgan fingerprint density at radius 2 is 2.05 bits per heavy atom. The van der Waals surface area contributed by atoms with Gasteiger partial charge in [-0.15, -0.1) is 0 Å². The number of amides is 3. The molecule has 1 saturated heterocycles. The maximum absolute atomic E-state index is 11.9. The lowest BCUT2D eigenvalue weighted by molar-refractivity contribution is -0.149. The molecule has 1 fully saturated rings. The van der Waals surface area contributed by atoms with E-state index in [1.807, 2.05) is 0 Å². The Labute approximate surface area is 117 Å². The zero-order valence-electron chi connectivity index (χ0n) is 11.7. The molecule has 8 nitrogen and oxygen atoms in total. The summed E-state index contributed by atoms with van der Waals surface area (Å²) in [5.74, 6) is -1.58. The second-order valence-electron chi connectivity index (χ2n) is 5.04. The molecule has 1 aliphatic rings. The summed E-state index contributed by atoms with van der Waals surface area (Å²) in [6, 6.07) is -0.583. The number of nitrogens with two attached hydrogens (primary N) is 1. The van der Waals surface area contributed by atoms with E-state index in [0.29, 0.717) is 12.8 Å². The van der Waals surface area contributed by atoms with E-state index in [2.05, 4.69) is 5.32 Å². The van der Waals surface area contributed by atoms with E-state index in [4.69, 9.17) is 15.6 Å². The van der Waals surface area contributed by atoms with Crippen LogP contribution in [-0.2, 0) is 14.3 Å². The number of nitrogens with one attached hydrogen (secondary N) is 1. The molecule has 0 aromatic rings. The van der Waals surface area contributed by atoms with Gasteiger partial charge >= 0.3 is 12.0 Å². The Balaban J connectivity index is 2.42. The van der Waals surface area contributed by atoms with Crippen LogP contribution in [0.25, 0.3) is 0 Å². The van der Waals surface area contributed by atoms with Crippen LogP contribution in [0.4, 0.5) is 4.79 Å². The first-order valence-electron chi connectivity index (χ1n) is 6.52. The van der Waals surface area contributed by atoms with Crippen molar-refractivity contribution in [3.05, 3.63) is 0 Å². The molecule has 114 valence electrons. The van der Waals surface area contributed by atoms with Gasteiger partial charge in [-0.3, -0.25) is 4.79 Å². The van der Waals surface area contributed by atoms with E-state index in [-0.39, 0.29) is 25.2 Å². The summed E-state index contributed by atoms with van der Waals surface area (Å²) >= 11 is 0. The molecular formula is C12H21N3O5. The summed E-state index contributed by atoms with van der Waals surface area (Å²) in [4.78, 5) is 34.9. The van der Waals surface area contributed by atoms with Crippen molar-refractivity contribution in [2.24, 2.45) is 5.73 Å². The number of hydrogen-bond acceptors (Lipinski definition) is 4. The maximum Gasteiger partial charge on any atom is 0.332 e. The second kappa shape index (κ2) is 7.09. The molecule has 0 bridgehead atoms. The van der Waals surface area contributed by atoms with Gasteiger partial charge in [-0.2, -0.15) is 0 Å². The molecule has 0 aromatic carbocycles. The highest BCUT2D eigenvalue weighted by Gasteiger charge is 2.31. The van der Waals surface area contributed by atoms with E-state index >= 15 is 0 Å². The Bertz CT molecular complexity index is 385. The van der Waals surface area contributed by atoms with Crippen LogP contribution in [0.5, 0.6) is 0 Å². The van der Waals surface area contributed by atoms with Crippen molar-refractivity contribution >= 4 is 17.9 Å². The third-order valence-corrected chi connectivity index (χ3v) is 3.07. The van der Waals surface area contributed by atoms with Crippen molar-refractivity contribution in [2.45, 2.75) is 44.9 Å². The highest BCUT2D eigenvalue weighted by Crippen LogP contribution is 2.19. The van der Waals surface area contributed by atoms with Crippen molar-refractivity contribution in [3.8, 4) is 0 Å². The lowest BCUT2D eigenvalue weighted by Crippen LogP contribution is -2.49. The highest BCUT2D eigenvalue weighted by atomic mass is 16.5. The van der Waals surface area contributed by atoms with Crippen LogP contribution in [0.15, 0.2) is 0 Å². The molecule has 1 rings (SSSR count). The van der Waals surface area contributed by atoms with Crippen LogP contribution in [0.3, 0.4) is 0 Å². The summed E-state index contributed by atoms with van der Waals surface area (Å²) < 4.78 is 5.27. The van der Waals surface area contributed by atoms with Crippen molar-refractivity contribution in [1.82, 2.24) is 10.2 Å². The third kappa shape index (κ3) is 4.69. The Kier molecular flexibility index (Phi) is 5.75. The molecule has 2 atom stereocenters. The largest absolute Gasteiger partial charge is 0.479 e. The van der Waals surface area contributed by atoms with E-state index in [0.717, 1.165) is 0 Å². The van der Waals surface area contributed by atoms with E-state index in [9.17, 15) is 14.4 Å². The molecule has 1 heterocycles. The highest BCUT2D eigenvalue weighted by molar-refractivity contribution is 5.83. The molecule has 0 radical (unpaired) electrons. The number of carbonyl (C=O) groups is 3. The average Bonchev–Trinajstić information content (AvgIpc) is 2.81. The number of rotatable bonds is 6. The second-order valence-corrected chi connectivity index (χ2v) is 5.04. The van der Waals surface area contributed by atoms with Crippen LogP contribution in [0.2, 0.25) is 0 Å². The molecule has 3 amide bonds. The number of urea groups is 1. The molecular weight excluding hydrogens is 266 g/mol. The van der Waals surface area contributed by atoms with Gasteiger partial charge < -0.3 is 25.8 Å². The van der Waals surface area contributed by atoms with Crippen molar-refractivity contribution in [2.75, 3.05) is 13.1 Å². The predicted octanol–water partition coefficient (Wildman–Crippen LogP) is -0.476. The number of hydrogen-bond donors (Lipinski definition) is 3. The minimum Gasteiger partial charge on any atom is -0.479 e. The van der Waals surface area contributed by atoms with Gasteiger partial charge in [0.1, 0.15) is 6.54 Å². The molecule has 2 unspecified atom stereocenters. The SMILES string of the molecule is CC(C)N(CC(N)=O)C(=O)NCC1CCC(C(=O)O)O1. The smallest absolute Gasteiger partial charge is 0.332 e. The van der Waals surface area contributed by atoms with Gasteiger partial charge in [0.25, 0.3) is 0 Å².